The molecule has 1 atom stereocenters. The van der Waals surface area contributed by atoms with Crippen molar-refractivity contribution in [3.8, 4) is 11.8 Å². The minimum Gasteiger partial charge on any atom is -0.497 e. The van der Waals surface area contributed by atoms with Crippen molar-refractivity contribution in [2.75, 3.05) is 7.11 Å². The lowest BCUT2D eigenvalue weighted by Crippen LogP contribution is -1.93. The molecule has 13 heavy (non-hydrogen) atoms. The average Bonchev–Trinajstić information content (AvgIpc) is 2.17. The molecule has 0 saturated carbocycles. The second-order valence-corrected chi connectivity index (χ2v) is 3.29. The van der Waals surface area contributed by atoms with Gasteiger partial charge in [-0.1, -0.05) is 15.9 Å². The summed E-state index contributed by atoms with van der Waals surface area (Å²) in [6.07, 6.45) is 0. The Morgan fingerprint density at radius 2 is 2.31 bits per heavy atom. The van der Waals surface area contributed by atoms with Crippen molar-refractivity contribution in [2.45, 2.75) is 4.83 Å². The van der Waals surface area contributed by atoms with Gasteiger partial charge in [-0.15, -0.1) is 0 Å². The van der Waals surface area contributed by atoms with E-state index in [0.29, 0.717) is 11.3 Å². The van der Waals surface area contributed by atoms with Crippen LogP contribution in [-0.4, -0.2) is 7.11 Å². The highest BCUT2D eigenvalue weighted by molar-refractivity contribution is 9.09. The van der Waals surface area contributed by atoms with Crippen LogP contribution in [0.4, 0.5) is 4.39 Å². The van der Waals surface area contributed by atoms with Crippen molar-refractivity contribution in [3.63, 3.8) is 0 Å². The number of halogens is 2. The molecule has 0 saturated heterocycles. The maximum absolute atomic E-state index is 13.1. The third kappa shape index (κ3) is 2.19. The fourth-order valence-corrected chi connectivity index (χ4v) is 1.26. The highest BCUT2D eigenvalue weighted by Crippen LogP contribution is 2.27. The number of ether oxygens (including phenoxy) is 1. The Labute approximate surface area is 84.1 Å². The minimum atomic E-state index is -0.636. The number of hydrogen-bond acceptors (Lipinski definition) is 2. The first kappa shape index (κ1) is 10.0. The third-order valence-corrected chi connectivity index (χ3v) is 2.29. The molecule has 0 fully saturated rings. The maximum atomic E-state index is 13.1. The molecule has 0 radical (unpaired) electrons. The number of benzene rings is 1. The first-order valence-corrected chi connectivity index (χ1v) is 4.47. The van der Waals surface area contributed by atoms with Crippen LogP contribution in [0.1, 0.15) is 10.4 Å². The standard InChI is InChI=1S/C9H7BrFNO/c1-13-6-2-3-9(11)7(4-6)8(10)5-12/h2-4,8H,1H3. The number of hydrogen-bond donors (Lipinski definition) is 0. The molecule has 0 bridgehead atoms. The lowest BCUT2D eigenvalue weighted by molar-refractivity contribution is 0.413. The van der Waals surface area contributed by atoms with Gasteiger partial charge in [0.05, 0.1) is 13.2 Å². The molecule has 0 spiro atoms. The summed E-state index contributed by atoms with van der Waals surface area (Å²) in [5, 5.41) is 8.57. The fraction of sp³-hybridized carbons (Fsp3) is 0.222. The van der Waals surface area contributed by atoms with Gasteiger partial charge < -0.3 is 4.74 Å². The molecular weight excluding hydrogens is 237 g/mol. The van der Waals surface area contributed by atoms with Gasteiger partial charge in [-0.25, -0.2) is 4.39 Å². The molecule has 0 aliphatic rings. The Bertz CT molecular complexity index is 348. The second-order valence-electron chi connectivity index (χ2n) is 2.38. The van der Waals surface area contributed by atoms with Crippen LogP contribution in [0.15, 0.2) is 18.2 Å². The summed E-state index contributed by atoms with van der Waals surface area (Å²) in [7, 11) is 1.49. The zero-order chi connectivity index (χ0) is 9.84. The first-order valence-electron chi connectivity index (χ1n) is 3.56. The van der Waals surface area contributed by atoms with Crippen LogP contribution in [0.5, 0.6) is 5.75 Å². The van der Waals surface area contributed by atoms with E-state index >= 15 is 0 Å². The number of nitrogens with zero attached hydrogens (tertiary/aromatic N) is 1. The van der Waals surface area contributed by atoms with Crippen LogP contribution >= 0.6 is 15.9 Å². The summed E-state index contributed by atoms with van der Waals surface area (Å²) >= 11 is 3.04. The molecule has 0 amide bonds. The Morgan fingerprint density at radius 1 is 1.62 bits per heavy atom. The van der Waals surface area contributed by atoms with E-state index in [2.05, 4.69) is 15.9 Å². The number of methoxy groups -OCH3 is 1. The molecule has 0 heterocycles. The Morgan fingerprint density at radius 3 is 2.85 bits per heavy atom. The van der Waals surface area contributed by atoms with Gasteiger partial charge in [0.1, 0.15) is 16.4 Å². The normalized spacial score (nSPS) is 11.8. The molecule has 68 valence electrons. The summed E-state index contributed by atoms with van der Waals surface area (Å²) in [6, 6.07) is 6.18. The van der Waals surface area contributed by atoms with Gasteiger partial charge in [0, 0.05) is 5.56 Å². The average molecular weight is 244 g/mol. The van der Waals surface area contributed by atoms with Gasteiger partial charge in [0.25, 0.3) is 0 Å². The van der Waals surface area contributed by atoms with Gasteiger partial charge in [0.15, 0.2) is 0 Å². The van der Waals surface area contributed by atoms with E-state index in [1.807, 2.05) is 6.07 Å². The summed E-state index contributed by atoms with van der Waals surface area (Å²) in [5.74, 6) is 0.125. The Balaban J connectivity index is 3.12. The predicted molar refractivity (Wildman–Crippen MR) is 50.2 cm³/mol. The van der Waals surface area contributed by atoms with Crippen molar-refractivity contribution in [1.82, 2.24) is 0 Å². The largest absolute Gasteiger partial charge is 0.497 e. The van der Waals surface area contributed by atoms with E-state index in [0.717, 1.165) is 0 Å². The summed E-state index contributed by atoms with van der Waals surface area (Å²) in [5.41, 5.74) is 0.293. The molecule has 1 aromatic rings. The predicted octanol–water partition coefficient (Wildman–Crippen LogP) is 2.79. The van der Waals surface area contributed by atoms with Crippen molar-refractivity contribution < 1.29 is 9.13 Å². The second kappa shape index (κ2) is 4.24. The lowest BCUT2D eigenvalue weighted by atomic mass is 10.1. The molecule has 1 aromatic carbocycles. The third-order valence-electron chi connectivity index (χ3n) is 1.59. The monoisotopic (exact) mass is 243 g/mol. The molecule has 1 unspecified atom stereocenters. The summed E-state index contributed by atoms with van der Waals surface area (Å²) in [6.45, 7) is 0. The van der Waals surface area contributed by atoms with Gasteiger partial charge in [-0.2, -0.15) is 5.26 Å². The number of alkyl halides is 1. The van der Waals surface area contributed by atoms with Crippen LogP contribution in [0.3, 0.4) is 0 Å². The van der Waals surface area contributed by atoms with Crippen LogP contribution in [0, 0.1) is 17.1 Å². The van der Waals surface area contributed by atoms with E-state index in [-0.39, 0.29) is 0 Å². The molecule has 2 nitrogen and oxygen atoms in total. The SMILES string of the molecule is COc1ccc(F)c(C(Br)C#N)c1. The molecule has 0 aliphatic carbocycles. The van der Waals surface area contributed by atoms with Crippen LogP contribution in [-0.2, 0) is 0 Å². The lowest BCUT2D eigenvalue weighted by Gasteiger charge is -2.05. The van der Waals surface area contributed by atoms with Crippen molar-refractivity contribution in [1.29, 1.82) is 5.26 Å². The summed E-state index contributed by atoms with van der Waals surface area (Å²) < 4.78 is 18.0. The minimum absolute atomic E-state index is 0.293. The zero-order valence-electron chi connectivity index (χ0n) is 6.92. The zero-order valence-corrected chi connectivity index (χ0v) is 8.51. The molecule has 0 N–H and O–H groups in total. The first-order chi connectivity index (χ1) is 6.19. The topological polar surface area (TPSA) is 33.0 Å². The Hall–Kier alpha value is -1.08. The summed E-state index contributed by atoms with van der Waals surface area (Å²) in [4.78, 5) is -0.636. The molecule has 0 aromatic heterocycles. The van der Waals surface area contributed by atoms with E-state index in [9.17, 15) is 4.39 Å². The molecular formula is C9H7BrFNO. The van der Waals surface area contributed by atoms with Gasteiger partial charge in [-0.05, 0) is 18.2 Å². The van der Waals surface area contributed by atoms with Gasteiger partial charge >= 0.3 is 0 Å². The highest BCUT2D eigenvalue weighted by atomic mass is 79.9. The van der Waals surface area contributed by atoms with E-state index in [4.69, 9.17) is 10.00 Å². The smallest absolute Gasteiger partial charge is 0.129 e. The quantitative estimate of drug-likeness (QED) is 0.749. The van der Waals surface area contributed by atoms with Crippen molar-refractivity contribution in [3.05, 3.63) is 29.6 Å². The van der Waals surface area contributed by atoms with Crippen LogP contribution in [0.2, 0.25) is 0 Å². The molecule has 4 heteroatoms. The maximum Gasteiger partial charge on any atom is 0.129 e. The van der Waals surface area contributed by atoms with Gasteiger partial charge in [-0.3, -0.25) is 0 Å². The molecule has 0 aliphatic heterocycles. The number of rotatable bonds is 2. The van der Waals surface area contributed by atoms with E-state index in [1.54, 1.807) is 0 Å². The van der Waals surface area contributed by atoms with Crippen molar-refractivity contribution in [2.24, 2.45) is 0 Å². The molecule has 1 rings (SSSR count). The van der Waals surface area contributed by atoms with Crippen molar-refractivity contribution >= 4 is 15.9 Å². The van der Waals surface area contributed by atoms with E-state index in [1.165, 1.54) is 25.3 Å². The van der Waals surface area contributed by atoms with E-state index < -0.39 is 10.6 Å². The van der Waals surface area contributed by atoms with Gasteiger partial charge in [0.2, 0.25) is 0 Å². The highest BCUT2D eigenvalue weighted by Gasteiger charge is 2.12. The van der Waals surface area contributed by atoms with Crippen LogP contribution in [0.25, 0.3) is 0 Å². The fourth-order valence-electron chi connectivity index (χ4n) is 0.913. The number of nitriles is 1. The Kier molecular flexibility index (Phi) is 3.26. The van der Waals surface area contributed by atoms with Crippen LogP contribution < -0.4 is 4.74 Å².